The number of aliphatic hydroxyl groups is 1. The van der Waals surface area contributed by atoms with Gasteiger partial charge < -0.3 is 10.8 Å². The van der Waals surface area contributed by atoms with E-state index in [0.717, 1.165) is 6.07 Å². The highest BCUT2D eigenvalue weighted by Gasteiger charge is 2.26. The molecule has 0 radical (unpaired) electrons. The van der Waals surface area contributed by atoms with E-state index in [1.54, 1.807) is 13.8 Å². The van der Waals surface area contributed by atoms with Gasteiger partial charge in [-0.2, -0.15) is 0 Å². The number of nitrogen functional groups attached to an aromatic ring is 1. The van der Waals surface area contributed by atoms with Gasteiger partial charge in [0.1, 0.15) is 4.90 Å². The molecule has 0 unspecified atom stereocenters. The summed E-state index contributed by atoms with van der Waals surface area (Å²) < 4.78 is 52.9. The van der Waals surface area contributed by atoms with Crippen LogP contribution in [0.5, 0.6) is 0 Å². The van der Waals surface area contributed by atoms with Crippen molar-refractivity contribution in [2.75, 3.05) is 18.9 Å². The predicted molar refractivity (Wildman–Crippen MR) is 71.4 cm³/mol. The van der Waals surface area contributed by atoms with Gasteiger partial charge in [0.25, 0.3) is 0 Å². The quantitative estimate of drug-likeness (QED) is 0.689. The molecule has 0 aromatic heterocycles. The van der Waals surface area contributed by atoms with Gasteiger partial charge in [0.15, 0.2) is 11.6 Å². The van der Waals surface area contributed by atoms with E-state index in [1.165, 1.54) is 0 Å². The van der Waals surface area contributed by atoms with Gasteiger partial charge in [-0.3, -0.25) is 0 Å². The molecule has 1 aromatic carbocycles. The first-order chi connectivity index (χ1) is 9.09. The smallest absolute Gasteiger partial charge is 0.243 e. The first-order valence-electron chi connectivity index (χ1n) is 5.94. The summed E-state index contributed by atoms with van der Waals surface area (Å²) in [6.07, 6.45) is 0.364. The molecule has 0 saturated carbocycles. The molecule has 5 nitrogen and oxygen atoms in total. The van der Waals surface area contributed by atoms with Crippen LogP contribution < -0.4 is 10.5 Å². The van der Waals surface area contributed by atoms with Crippen LogP contribution in [0.3, 0.4) is 0 Å². The van der Waals surface area contributed by atoms with Crippen molar-refractivity contribution in [3.8, 4) is 0 Å². The molecule has 0 heterocycles. The molecule has 0 bridgehead atoms. The maximum absolute atomic E-state index is 13.6. The summed E-state index contributed by atoms with van der Waals surface area (Å²) >= 11 is 0. The highest BCUT2D eigenvalue weighted by Crippen LogP contribution is 2.23. The van der Waals surface area contributed by atoms with Crippen molar-refractivity contribution in [1.29, 1.82) is 0 Å². The molecule has 20 heavy (non-hydrogen) atoms. The Morgan fingerprint density at radius 3 is 2.50 bits per heavy atom. The van der Waals surface area contributed by atoms with Crippen LogP contribution in [0.15, 0.2) is 17.0 Å². The number of hydrogen-bond donors (Lipinski definition) is 3. The van der Waals surface area contributed by atoms with Gasteiger partial charge in [-0.15, -0.1) is 0 Å². The van der Waals surface area contributed by atoms with Crippen LogP contribution in [-0.4, -0.2) is 26.7 Å². The Kier molecular flexibility index (Phi) is 5.06. The number of sulfonamides is 1. The largest absolute Gasteiger partial charge is 0.399 e. The average Bonchev–Trinajstić information content (AvgIpc) is 2.31. The molecule has 0 fully saturated rings. The SMILES string of the molecule is CC(C)(CCO)CNS(=O)(=O)c1cc(N)cc(F)c1F. The first-order valence-corrected chi connectivity index (χ1v) is 7.42. The number of nitrogens with one attached hydrogen (secondary N) is 1. The summed E-state index contributed by atoms with van der Waals surface area (Å²) in [7, 11) is -4.21. The van der Waals surface area contributed by atoms with E-state index in [1.807, 2.05) is 0 Å². The molecular weight excluding hydrogens is 290 g/mol. The van der Waals surface area contributed by atoms with Gasteiger partial charge in [0, 0.05) is 18.8 Å². The van der Waals surface area contributed by atoms with Crippen LogP contribution in [0, 0.1) is 17.0 Å². The van der Waals surface area contributed by atoms with E-state index in [9.17, 15) is 17.2 Å². The zero-order valence-electron chi connectivity index (χ0n) is 11.3. The highest BCUT2D eigenvalue weighted by molar-refractivity contribution is 7.89. The van der Waals surface area contributed by atoms with E-state index < -0.39 is 32.0 Å². The monoisotopic (exact) mass is 308 g/mol. The summed E-state index contributed by atoms with van der Waals surface area (Å²) in [5.41, 5.74) is 4.62. The second kappa shape index (κ2) is 6.02. The summed E-state index contributed by atoms with van der Waals surface area (Å²) in [4.78, 5) is -0.824. The Morgan fingerprint density at radius 1 is 1.35 bits per heavy atom. The number of aliphatic hydroxyl groups excluding tert-OH is 1. The molecule has 0 aliphatic carbocycles. The van der Waals surface area contributed by atoms with Crippen molar-refractivity contribution in [2.45, 2.75) is 25.2 Å². The summed E-state index contributed by atoms with van der Waals surface area (Å²) in [5, 5.41) is 8.86. The summed E-state index contributed by atoms with van der Waals surface area (Å²) in [6, 6.07) is 1.57. The average molecular weight is 308 g/mol. The van der Waals surface area contributed by atoms with Crippen LogP contribution in [0.1, 0.15) is 20.3 Å². The molecule has 4 N–H and O–H groups in total. The summed E-state index contributed by atoms with van der Waals surface area (Å²) in [5.74, 6) is -2.79. The molecule has 1 rings (SSSR count). The zero-order chi connectivity index (χ0) is 15.6. The molecule has 114 valence electrons. The van der Waals surface area contributed by atoms with E-state index in [0.29, 0.717) is 12.5 Å². The van der Waals surface area contributed by atoms with E-state index in [-0.39, 0.29) is 18.8 Å². The maximum Gasteiger partial charge on any atom is 0.243 e. The van der Waals surface area contributed by atoms with Gasteiger partial charge in [-0.05, 0) is 24.0 Å². The third kappa shape index (κ3) is 4.12. The molecule has 0 saturated heterocycles. The normalized spacial score (nSPS) is 12.7. The lowest BCUT2D eigenvalue weighted by Crippen LogP contribution is -2.35. The number of anilines is 1. The minimum Gasteiger partial charge on any atom is -0.399 e. The number of halogens is 2. The lowest BCUT2D eigenvalue weighted by molar-refractivity contribution is 0.213. The second-order valence-electron chi connectivity index (χ2n) is 5.28. The van der Waals surface area contributed by atoms with Gasteiger partial charge in [0.05, 0.1) is 0 Å². The fourth-order valence-corrected chi connectivity index (χ4v) is 2.90. The Labute approximate surface area is 116 Å². The Bertz CT molecular complexity index is 589. The van der Waals surface area contributed by atoms with Crippen molar-refractivity contribution < 1.29 is 22.3 Å². The number of nitrogens with two attached hydrogens (primary N) is 1. The van der Waals surface area contributed by atoms with Crippen LogP contribution in [0.4, 0.5) is 14.5 Å². The van der Waals surface area contributed by atoms with Crippen molar-refractivity contribution in [3.05, 3.63) is 23.8 Å². The lowest BCUT2D eigenvalue weighted by Gasteiger charge is -2.23. The molecule has 0 atom stereocenters. The van der Waals surface area contributed by atoms with Crippen LogP contribution in [0.25, 0.3) is 0 Å². The van der Waals surface area contributed by atoms with Crippen LogP contribution in [-0.2, 0) is 10.0 Å². The lowest BCUT2D eigenvalue weighted by atomic mass is 9.90. The van der Waals surface area contributed by atoms with E-state index in [2.05, 4.69) is 4.72 Å². The minimum atomic E-state index is -4.21. The number of rotatable bonds is 6. The second-order valence-corrected chi connectivity index (χ2v) is 7.01. The standard InChI is InChI=1S/C12H18F2N2O3S/c1-12(2,3-4-17)7-16-20(18,19)10-6-8(15)5-9(13)11(10)14/h5-6,16-17H,3-4,7,15H2,1-2H3. The molecule has 1 aromatic rings. The van der Waals surface area contributed by atoms with Crippen molar-refractivity contribution in [2.24, 2.45) is 5.41 Å². The molecule has 8 heteroatoms. The van der Waals surface area contributed by atoms with Crippen molar-refractivity contribution >= 4 is 15.7 Å². The molecule has 0 aliphatic rings. The van der Waals surface area contributed by atoms with Gasteiger partial charge >= 0.3 is 0 Å². The van der Waals surface area contributed by atoms with Gasteiger partial charge in [0.2, 0.25) is 10.0 Å². The first kappa shape index (κ1) is 16.8. The highest BCUT2D eigenvalue weighted by atomic mass is 32.2. The van der Waals surface area contributed by atoms with Gasteiger partial charge in [-0.25, -0.2) is 21.9 Å². The Morgan fingerprint density at radius 2 is 1.95 bits per heavy atom. The van der Waals surface area contributed by atoms with Gasteiger partial charge in [-0.1, -0.05) is 13.8 Å². The maximum atomic E-state index is 13.6. The van der Waals surface area contributed by atoms with Crippen LogP contribution in [0.2, 0.25) is 0 Å². The minimum absolute atomic E-state index is 0.0221. The number of benzene rings is 1. The third-order valence-corrected chi connectivity index (χ3v) is 4.24. The third-order valence-electron chi connectivity index (χ3n) is 2.84. The fraction of sp³-hybridized carbons (Fsp3) is 0.500. The van der Waals surface area contributed by atoms with Crippen molar-refractivity contribution in [1.82, 2.24) is 4.72 Å². The predicted octanol–water partition coefficient (Wildman–Crippen LogP) is 1.23. The van der Waals surface area contributed by atoms with Crippen molar-refractivity contribution in [3.63, 3.8) is 0 Å². The summed E-state index contributed by atoms with van der Waals surface area (Å²) in [6.45, 7) is 3.35. The molecule has 0 spiro atoms. The van der Waals surface area contributed by atoms with Crippen LogP contribution >= 0.6 is 0 Å². The number of hydrogen-bond acceptors (Lipinski definition) is 4. The molecule has 0 amide bonds. The topological polar surface area (TPSA) is 92.4 Å². The molecule has 0 aliphatic heterocycles. The fourth-order valence-electron chi connectivity index (χ4n) is 1.54. The Hall–Kier alpha value is -1.25. The molecular formula is C12H18F2N2O3S. The Balaban J connectivity index is 3.01. The van der Waals surface area contributed by atoms with E-state index in [4.69, 9.17) is 10.8 Å². The zero-order valence-corrected chi connectivity index (χ0v) is 12.1. The van der Waals surface area contributed by atoms with E-state index >= 15 is 0 Å².